The summed E-state index contributed by atoms with van der Waals surface area (Å²) in [4.78, 5) is 15.8. The van der Waals surface area contributed by atoms with Crippen molar-refractivity contribution in [3.05, 3.63) is 48.0 Å². The zero-order valence-corrected chi connectivity index (χ0v) is 20.4. The maximum atomic E-state index is 13.3. The van der Waals surface area contributed by atoms with Crippen LogP contribution in [0.1, 0.15) is 44.1 Å². The zero-order valence-electron chi connectivity index (χ0n) is 19.5. The van der Waals surface area contributed by atoms with E-state index < -0.39 is 10.0 Å². The summed E-state index contributed by atoms with van der Waals surface area (Å²) in [6.07, 6.45) is 6.82. The van der Waals surface area contributed by atoms with Crippen molar-refractivity contribution >= 4 is 27.3 Å². The van der Waals surface area contributed by atoms with E-state index in [0.29, 0.717) is 31.8 Å². The molecule has 2 aromatic carbocycles. The highest BCUT2D eigenvalue weighted by Crippen LogP contribution is 2.34. The molecule has 0 unspecified atom stereocenters. The second-order valence-electron chi connectivity index (χ2n) is 9.50. The van der Waals surface area contributed by atoms with Gasteiger partial charge in [0.1, 0.15) is 12.4 Å². The molecule has 5 rings (SSSR count). The number of carbonyl (C=O) groups excluding carboxylic acids is 1. The van der Waals surface area contributed by atoms with E-state index in [1.165, 1.54) is 6.42 Å². The van der Waals surface area contributed by atoms with E-state index in [4.69, 9.17) is 4.74 Å². The number of hydrogen-bond donors (Lipinski definition) is 1. The first-order chi connectivity index (χ1) is 16.5. The highest BCUT2D eigenvalue weighted by molar-refractivity contribution is 7.89. The predicted molar refractivity (Wildman–Crippen MR) is 133 cm³/mol. The van der Waals surface area contributed by atoms with Gasteiger partial charge < -0.3 is 15.0 Å². The molecule has 2 aromatic rings. The largest absolute Gasteiger partial charge is 0.492 e. The summed E-state index contributed by atoms with van der Waals surface area (Å²) in [6.45, 7) is 3.23. The van der Waals surface area contributed by atoms with Crippen LogP contribution in [0.25, 0.3) is 0 Å². The van der Waals surface area contributed by atoms with Crippen LogP contribution in [0.5, 0.6) is 5.75 Å². The van der Waals surface area contributed by atoms with Crippen molar-refractivity contribution in [2.45, 2.75) is 49.8 Å². The topological polar surface area (TPSA) is 79.0 Å². The molecule has 1 atom stereocenters. The number of nitrogens with one attached hydrogen (secondary N) is 1. The first-order valence-corrected chi connectivity index (χ1v) is 13.9. The van der Waals surface area contributed by atoms with E-state index in [0.717, 1.165) is 62.2 Å². The second kappa shape index (κ2) is 9.96. The SMILES string of the molecule is O=C(Nc1cc(S(=O)(=O)N2CCCCC2)ccc1N1CCCCC1)[C@H]1COc2ccccc2C1. The fraction of sp³-hybridized carbons (Fsp3) is 0.500. The Morgan fingerprint density at radius 3 is 2.38 bits per heavy atom. The smallest absolute Gasteiger partial charge is 0.243 e. The Morgan fingerprint density at radius 2 is 1.62 bits per heavy atom. The fourth-order valence-electron chi connectivity index (χ4n) is 5.17. The Kier molecular flexibility index (Phi) is 6.79. The summed E-state index contributed by atoms with van der Waals surface area (Å²) >= 11 is 0. The maximum Gasteiger partial charge on any atom is 0.243 e. The first-order valence-electron chi connectivity index (χ1n) is 12.4. The average Bonchev–Trinajstić information content (AvgIpc) is 2.89. The van der Waals surface area contributed by atoms with Crippen molar-refractivity contribution in [2.24, 2.45) is 5.92 Å². The minimum Gasteiger partial charge on any atom is -0.492 e. The van der Waals surface area contributed by atoms with Gasteiger partial charge in [0.2, 0.25) is 15.9 Å². The van der Waals surface area contributed by atoms with Crippen molar-refractivity contribution in [1.82, 2.24) is 4.31 Å². The molecule has 3 aliphatic rings. The maximum absolute atomic E-state index is 13.3. The number of anilines is 2. The molecule has 0 spiro atoms. The van der Waals surface area contributed by atoms with Gasteiger partial charge in [0.05, 0.1) is 22.2 Å². The lowest BCUT2D eigenvalue weighted by molar-refractivity contribution is -0.121. The first kappa shape index (κ1) is 23.2. The highest BCUT2D eigenvalue weighted by atomic mass is 32.2. The van der Waals surface area contributed by atoms with E-state index in [2.05, 4.69) is 10.2 Å². The quantitative estimate of drug-likeness (QED) is 0.694. The lowest BCUT2D eigenvalue weighted by Crippen LogP contribution is -2.36. The number of nitrogens with zero attached hydrogens (tertiary/aromatic N) is 2. The number of sulfonamides is 1. The Morgan fingerprint density at radius 1 is 0.912 bits per heavy atom. The van der Waals surface area contributed by atoms with E-state index >= 15 is 0 Å². The average molecular weight is 484 g/mol. The predicted octanol–water partition coefficient (Wildman–Crippen LogP) is 4.04. The van der Waals surface area contributed by atoms with E-state index in [-0.39, 0.29) is 16.7 Å². The van der Waals surface area contributed by atoms with E-state index in [9.17, 15) is 13.2 Å². The van der Waals surface area contributed by atoms with Crippen LogP contribution in [-0.2, 0) is 21.2 Å². The van der Waals surface area contributed by atoms with Gasteiger partial charge in [-0.15, -0.1) is 0 Å². The minimum absolute atomic E-state index is 0.139. The van der Waals surface area contributed by atoms with Crippen LogP contribution >= 0.6 is 0 Å². The lowest BCUT2D eigenvalue weighted by Gasteiger charge is -2.32. The molecule has 7 nitrogen and oxygen atoms in total. The number of para-hydroxylation sites is 1. The number of carbonyl (C=O) groups is 1. The number of benzene rings is 2. The van der Waals surface area contributed by atoms with Gasteiger partial charge in [0.25, 0.3) is 0 Å². The number of piperidine rings is 2. The van der Waals surface area contributed by atoms with Gasteiger partial charge in [-0.1, -0.05) is 24.6 Å². The molecule has 8 heteroatoms. The number of fused-ring (bicyclic) bond motifs is 1. The summed E-state index contributed by atoms with van der Waals surface area (Å²) in [5, 5.41) is 3.08. The van der Waals surface area contributed by atoms with Gasteiger partial charge in [0, 0.05) is 26.2 Å². The highest BCUT2D eigenvalue weighted by Gasteiger charge is 2.30. The standard InChI is InChI=1S/C26H33N3O4S/c30-26(21-17-20-9-3-4-10-25(20)33-19-21)27-23-18-22(34(31,32)29-15-7-2-8-16-29)11-12-24(23)28-13-5-1-6-14-28/h3-4,9-12,18,21H,1-2,5-8,13-17,19H2,(H,27,30)/t21-/m1/s1. The molecule has 34 heavy (non-hydrogen) atoms. The third-order valence-corrected chi connectivity index (χ3v) is 9.02. The van der Waals surface area contributed by atoms with Crippen molar-refractivity contribution in [2.75, 3.05) is 43.0 Å². The van der Waals surface area contributed by atoms with Crippen LogP contribution in [-0.4, -0.2) is 51.4 Å². The van der Waals surface area contributed by atoms with Gasteiger partial charge in [-0.05, 0) is 68.4 Å². The molecule has 0 bridgehead atoms. The molecule has 0 aromatic heterocycles. The van der Waals surface area contributed by atoms with Gasteiger partial charge in [-0.2, -0.15) is 4.31 Å². The normalized spacial score (nSPS) is 21.4. The number of rotatable bonds is 5. The van der Waals surface area contributed by atoms with Crippen LogP contribution in [0, 0.1) is 5.92 Å². The zero-order chi connectivity index (χ0) is 23.5. The van der Waals surface area contributed by atoms with Crippen LogP contribution in [0.4, 0.5) is 11.4 Å². The Hall–Kier alpha value is -2.58. The monoisotopic (exact) mass is 483 g/mol. The molecule has 2 fully saturated rings. The van der Waals surface area contributed by atoms with Crippen molar-refractivity contribution < 1.29 is 17.9 Å². The molecule has 1 N–H and O–H groups in total. The molecular weight excluding hydrogens is 450 g/mol. The molecule has 182 valence electrons. The van der Waals surface area contributed by atoms with Crippen LogP contribution in [0.15, 0.2) is 47.4 Å². The summed E-state index contributed by atoms with van der Waals surface area (Å²) in [7, 11) is -3.59. The van der Waals surface area contributed by atoms with Crippen molar-refractivity contribution in [3.8, 4) is 5.75 Å². The van der Waals surface area contributed by atoms with Crippen LogP contribution < -0.4 is 15.0 Å². The van der Waals surface area contributed by atoms with Gasteiger partial charge in [-0.25, -0.2) is 8.42 Å². The number of amides is 1. The molecule has 2 saturated heterocycles. The fourth-order valence-corrected chi connectivity index (χ4v) is 6.72. The second-order valence-corrected chi connectivity index (χ2v) is 11.4. The van der Waals surface area contributed by atoms with Gasteiger partial charge in [0.15, 0.2) is 0 Å². The third kappa shape index (κ3) is 4.79. The summed E-state index contributed by atoms with van der Waals surface area (Å²) in [6, 6.07) is 13.0. The number of ether oxygens (including phenoxy) is 1. The molecule has 1 amide bonds. The summed E-state index contributed by atoms with van der Waals surface area (Å²) < 4.78 is 34.1. The minimum atomic E-state index is -3.59. The van der Waals surface area contributed by atoms with Crippen molar-refractivity contribution in [1.29, 1.82) is 0 Å². The summed E-state index contributed by atoms with van der Waals surface area (Å²) in [5.74, 6) is 0.363. The molecule has 0 aliphatic carbocycles. The Balaban J connectivity index is 1.42. The Bertz CT molecular complexity index is 1140. The van der Waals surface area contributed by atoms with Crippen molar-refractivity contribution in [3.63, 3.8) is 0 Å². The third-order valence-electron chi connectivity index (χ3n) is 7.13. The van der Waals surface area contributed by atoms with E-state index in [1.54, 1.807) is 16.4 Å². The molecule has 0 radical (unpaired) electrons. The molecule has 3 heterocycles. The van der Waals surface area contributed by atoms with Gasteiger partial charge >= 0.3 is 0 Å². The molecule has 0 saturated carbocycles. The summed E-state index contributed by atoms with van der Waals surface area (Å²) in [5.41, 5.74) is 2.48. The Labute approximate surface area is 202 Å². The lowest BCUT2D eigenvalue weighted by atomic mass is 9.96. The van der Waals surface area contributed by atoms with Crippen LogP contribution in [0.3, 0.4) is 0 Å². The van der Waals surface area contributed by atoms with Crippen LogP contribution in [0.2, 0.25) is 0 Å². The molecule has 3 aliphatic heterocycles. The van der Waals surface area contributed by atoms with Gasteiger partial charge in [-0.3, -0.25) is 4.79 Å². The van der Waals surface area contributed by atoms with E-state index in [1.807, 2.05) is 30.3 Å². The number of hydrogen-bond acceptors (Lipinski definition) is 5. The molecular formula is C26H33N3O4S.